The second-order valence-corrected chi connectivity index (χ2v) is 5.09. The minimum atomic E-state index is 0.231. The minimum Gasteiger partial charge on any atom is -0.485 e. The number of nitrogens with zero attached hydrogens (tertiary/aromatic N) is 2. The maximum absolute atomic E-state index is 5.87. The molecule has 0 bridgehead atoms. The molecule has 2 aromatic rings. The van der Waals surface area contributed by atoms with Crippen LogP contribution in [0.3, 0.4) is 0 Å². The number of aryl methyl sites for hydroxylation is 1. The molecular weight excluding hydrogens is 254 g/mol. The van der Waals surface area contributed by atoms with Gasteiger partial charge in [0.2, 0.25) is 11.7 Å². The van der Waals surface area contributed by atoms with E-state index in [0.717, 1.165) is 23.4 Å². The lowest BCUT2D eigenvalue weighted by Gasteiger charge is -2.12. The van der Waals surface area contributed by atoms with Crippen LogP contribution in [0.5, 0.6) is 5.75 Å². The predicted octanol–water partition coefficient (Wildman–Crippen LogP) is 2.80. The number of hydrogen-bond acceptors (Lipinski definition) is 5. The van der Waals surface area contributed by atoms with Crippen molar-refractivity contribution in [3.05, 3.63) is 41.0 Å². The summed E-state index contributed by atoms with van der Waals surface area (Å²) in [6, 6.07) is 6.11. The fraction of sp³-hybridized carbons (Fsp3) is 0.467. The predicted molar refractivity (Wildman–Crippen MR) is 76.7 cm³/mol. The number of nitrogens with one attached hydrogen (secondary N) is 1. The highest BCUT2D eigenvalue weighted by Crippen LogP contribution is 2.24. The third-order valence-electron chi connectivity index (χ3n) is 2.98. The van der Waals surface area contributed by atoms with Gasteiger partial charge in [0.1, 0.15) is 5.75 Å². The van der Waals surface area contributed by atoms with Crippen LogP contribution in [0, 0.1) is 6.92 Å². The van der Waals surface area contributed by atoms with Crippen LogP contribution < -0.4 is 10.1 Å². The Kier molecular flexibility index (Phi) is 4.74. The van der Waals surface area contributed by atoms with Gasteiger partial charge in [-0.2, -0.15) is 4.98 Å². The first-order valence-electron chi connectivity index (χ1n) is 6.80. The summed E-state index contributed by atoms with van der Waals surface area (Å²) in [5, 5.41) is 7.07. The first kappa shape index (κ1) is 14.5. The Labute approximate surface area is 119 Å². The molecule has 0 aliphatic carbocycles. The second kappa shape index (κ2) is 6.52. The van der Waals surface area contributed by atoms with Crippen LogP contribution >= 0.6 is 0 Å². The highest BCUT2D eigenvalue weighted by molar-refractivity contribution is 5.40. The molecule has 0 aliphatic heterocycles. The average Bonchev–Trinajstić information content (AvgIpc) is 2.87. The molecule has 0 spiro atoms. The van der Waals surface area contributed by atoms with Crippen molar-refractivity contribution < 1.29 is 9.26 Å². The van der Waals surface area contributed by atoms with Gasteiger partial charge in [-0.25, -0.2) is 0 Å². The summed E-state index contributed by atoms with van der Waals surface area (Å²) in [4.78, 5) is 4.31. The fourth-order valence-corrected chi connectivity index (χ4v) is 1.95. The van der Waals surface area contributed by atoms with E-state index < -0.39 is 0 Å². The Hall–Kier alpha value is -1.88. The molecule has 0 saturated carbocycles. The number of hydrogen-bond donors (Lipinski definition) is 1. The fourth-order valence-electron chi connectivity index (χ4n) is 1.95. The van der Waals surface area contributed by atoms with Crippen molar-refractivity contribution in [1.82, 2.24) is 15.5 Å². The lowest BCUT2D eigenvalue weighted by molar-refractivity contribution is 0.279. The largest absolute Gasteiger partial charge is 0.485 e. The van der Waals surface area contributed by atoms with Crippen LogP contribution in [0.2, 0.25) is 0 Å². The Bertz CT molecular complexity index is 564. The molecule has 108 valence electrons. The molecular formula is C15H21N3O2. The average molecular weight is 275 g/mol. The lowest BCUT2D eigenvalue weighted by atomic mass is 10.1. The van der Waals surface area contributed by atoms with Gasteiger partial charge in [-0.1, -0.05) is 37.2 Å². The standard InChI is InChI=1S/C15H21N3O2/c1-10(2)15-17-13(18-20-15)9-19-14-11(3)6-5-7-12(14)8-16-4/h5-7,10,16H,8-9H2,1-4H3. The van der Waals surface area contributed by atoms with Gasteiger partial charge in [-0.15, -0.1) is 0 Å². The van der Waals surface area contributed by atoms with Crippen molar-refractivity contribution in [2.24, 2.45) is 0 Å². The van der Waals surface area contributed by atoms with E-state index in [2.05, 4.69) is 21.5 Å². The molecule has 0 atom stereocenters. The Morgan fingerprint density at radius 1 is 1.35 bits per heavy atom. The zero-order valence-electron chi connectivity index (χ0n) is 12.4. The Morgan fingerprint density at radius 3 is 2.80 bits per heavy atom. The van der Waals surface area contributed by atoms with Crippen LogP contribution in [-0.2, 0) is 13.2 Å². The zero-order valence-corrected chi connectivity index (χ0v) is 12.4. The molecule has 5 heteroatoms. The molecule has 0 saturated heterocycles. The topological polar surface area (TPSA) is 60.2 Å². The lowest BCUT2D eigenvalue weighted by Crippen LogP contribution is -2.09. The van der Waals surface area contributed by atoms with Crippen LogP contribution in [0.15, 0.2) is 22.7 Å². The molecule has 2 rings (SSSR count). The molecule has 0 fully saturated rings. The van der Waals surface area contributed by atoms with Crippen molar-refractivity contribution in [3.8, 4) is 5.75 Å². The van der Waals surface area contributed by atoms with E-state index >= 15 is 0 Å². The molecule has 0 amide bonds. The van der Waals surface area contributed by atoms with E-state index in [1.165, 1.54) is 0 Å². The quantitative estimate of drug-likeness (QED) is 0.878. The molecule has 0 radical (unpaired) electrons. The Balaban J connectivity index is 2.09. The third kappa shape index (κ3) is 3.36. The van der Waals surface area contributed by atoms with E-state index in [1.807, 2.05) is 40.0 Å². The van der Waals surface area contributed by atoms with Crippen molar-refractivity contribution in [2.75, 3.05) is 7.05 Å². The van der Waals surface area contributed by atoms with Gasteiger partial charge in [0.15, 0.2) is 6.61 Å². The van der Waals surface area contributed by atoms with Crippen LogP contribution in [0.4, 0.5) is 0 Å². The SMILES string of the molecule is CNCc1cccc(C)c1OCc1noc(C(C)C)n1. The number of benzene rings is 1. The summed E-state index contributed by atoms with van der Waals surface area (Å²) in [6.07, 6.45) is 0. The number of aromatic nitrogens is 2. The number of para-hydroxylation sites is 1. The molecule has 1 N–H and O–H groups in total. The van der Waals surface area contributed by atoms with Gasteiger partial charge in [0, 0.05) is 18.0 Å². The Morgan fingerprint density at radius 2 is 2.15 bits per heavy atom. The van der Waals surface area contributed by atoms with Gasteiger partial charge < -0.3 is 14.6 Å². The van der Waals surface area contributed by atoms with E-state index in [0.29, 0.717) is 18.3 Å². The zero-order chi connectivity index (χ0) is 14.5. The first-order chi connectivity index (χ1) is 9.61. The number of ether oxygens (including phenoxy) is 1. The smallest absolute Gasteiger partial charge is 0.229 e. The second-order valence-electron chi connectivity index (χ2n) is 5.09. The normalized spacial score (nSPS) is 11.1. The maximum atomic E-state index is 5.87. The third-order valence-corrected chi connectivity index (χ3v) is 2.98. The van der Waals surface area contributed by atoms with E-state index in [4.69, 9.17) is 9.26 Å². The summed E-state index contributed by atoms with van der Waals surface area (Å²) < 4.78 is 11.0. The highest BCUT2D eigenvalue weighted by Gasteiger charge is 2.12. The summed E-state index contributed by atoms with van der Waals surface area (Å²) in [5.74, 6) is 2.34. The van der Waals surface area contributed by atoms with Gasteiger partial charge in [0.25, 0.3) is 0 Å². The summed E-state index contributed by atoms with van der Waals surface area (Å²) in [5.41, 5.74) is 2.23. The van der Waals surface area contributed by atoms with Crippen LogP contribution in [0.1, 0.15) is 42.6 Å². The van der Waals surface area contributed by atoms with Gasteiger partial charge in [-0.05, 0) is 19.5 Å². The van der Waals surface area contributed by atoms with Crippen LogP contribution in [-0.4, -0.2) is 17.2 Å². The van der Waals surface area contributed by atoms with Gasteiger partial charge in [-0.3, -0.25) is 0 Å². The van der Waals surface area contributed by atoms with Crippen LogP contribution in [0.25, 0.3) is 0 Å². The minimum absolute atomic E-state index is 0.231. The molecule has 20 heavy (non-hydrogen) atoms. The van der Waals surface area contributed by atoms with Gasteiger partial charge >= 0.3 is 0 Å². The summed E-state index contributed by atoms with van der Waals surface area (Å²) in [6.45, 7) is 7.15. The van der Waals surface area contributed by atoms with Crippen molar-refractivity contribution in [3.63, 3.8) is 0 Å². The molecule has 0 aliphatic rings. The molecule has 1 aromatic carbocycles. The highest BCUT2D eigenvalue weighted by atomic mass is 16.5. The van der Waals surface area contributed by atoms with Crippen molar-refractivity contribution in [2.45, 2.75) is 39.8 Å². The first-order valence-corrected chi connectivity index (χ1v) is 6.80. The van der Waals surface area contributed by atoms with Crippen molar-refractivity contribution in [1.29, 1.82) is 0 Å². The summed E-state index contributed by atoms with van der Waals surface area (Å²) in [7, 11) is 1.92. The maximum Gasteiger partial charge on any atom is 0.229 e. The monoisotopic (exact) mass is 275 g/mol. The molecule has 1 heterocycles. The molecule has 0 unspecified atom stereocenters. The van der Waals surface area contributed by atoms with Gasteiger partial charge in [0.05, 0.1) is 0 Å². The van der Waals surface area contributed by atoms with E-state index in [-0.39, 0.29) is 5.92 Å². The van der Waals surface area contributed by atoms with Crippen molar-refractivity contribution >= 4 is 0 Å². The van der Waals surface area contributed by atoms with E-state index in [9.17, 15) is 0 Å². The molecule has 5 nitrogen and oxygen atoms in total. The number of rotatable bonds is 6. The van der Waals surface area contributed by atoms with E-state index in [1.54, 1.807) is 0 Å². The summed E-state index contributed by atoms with van der Waals surface area (Å²) >= 11 is 0. The molecule has 1 aromatic heterocycles.